The number of ether oxygens (including phenoxy) is 2. The molecular formula is C14H22N4O7. The first kappa shape index (κ1) is 19.1. The van der Waals surface area contributed by atoms with E-state index in [1.165, 1.54) is 6.20 Å². The summed E-state index contributed by atoms with van der Waals surface area (Å²) in [6.07, 6.45) is -1.31. The summed E-state index contributed by atoms with van der Waals surface area (Å²) >= 11 is 0. The van der Waals surface area contributed by atoms with Gasteiger partial charge in [0, 0.05) is 38.2 Å². The minimum atomic E-state index is -1.38. The highest BCUT2D eigenvalue weighted by Crippen LogP contribution is 2.38. The second-order valence-corrected chi connectivity index (χ2v) is 5.67. The molecule has 1 aliphatic rings. The molecule has 1 unspecified atom stereocenters. The Bertz CT molecular complexity index is 703. The van der Waals surface area contributed by atoms with E-state index >= 15 is 0 Å². The highest BCUT2D eigenvalue weighted by molar-refractivity contribution is 5.67. The number of nitrogens with one attached hydrogen (secondary N) is 2. The average Bonchev–Trinajstić information content (AvgIpc) is 2.90. The Morgan fingerprint density at radius 2 is 2.32 bits per heavy atom. The molecule has 0 spiro atoms. The largest absolute Gasteiger partial charge is 0.449 e. The molecule has 25 heavy (non-hydrogen) atoms. The summed E-state index contributed by atoms with van der Waals surface area (Å²) in [5.74, 6) is 0. The van der Waals surface area contributed by atoms with Gasteiger partial charge >= 0.3 is 11.8 Å². The summed E-state index contributed by atoms with van der Waals surface area (Å²) in [5, 5.41) is 22.4. The van der Waals surface area contributed by atoms with Crippen molar-refractivity contribution in [2.75, 3.05) is 26.3 Å². The Balaban J connectivity index is 2.02. The van der Waals surface area contributed by atoms with Gasteiger partial charge in [-0.1, -0.05) is 0 Å². The standard InChI is InChI=1S/C14H22N4O7/c15-3-4-16-13(23)24-6-2-14(8-19)9(20)7-11(25-14)18-5-1-10(21)17-12(18)22/h1,5,9,11,19-20H,2-4,6-8,15H2,(H,16,23)(H,17,21,22)/t9?,11-,14-/m1/s1. The van der Waals surface area contributed by atoms with E-state index in [9.17, 15) is 24.6 Å². The fraction of sp³-hybridized carbons (Fsp3) is 0.643. The van der Waals surface area contributed by atoms with Crippen LogP contribution < -0.4 is 22.3 Å². The summed E-state index contributed by atoms with van der Waals surface area (Å²) in [6.45, 7) is -0.106. The molecular weight excluding hydrogens is 336 g/mol. The highest BCUT2D eigenvalue weighted by Gasteiger charge is 2.48. The van der Waals surface area contributed by atoms with E-state index in [0.29, 0.717) is 0 Å². The Morgan fingerprint density at radius 1 is 1.56 bits per heavy atom. The van der Waals surface area contributed by atoms with Crippen molar-refractivity contribution in [2.24, 2.45) is 5.73 Å². The minimum Gasteiger partial charge on any atom is -0.449 e. The fourth-order valence-electron chi connectivity index (χ4n) is 2.62. The number of amides is 1. The number of carbonyl (C=O) groups excluding carboxylic acids is 1. The van der Waals surface area contributed by atoms with Crippen molar-refractivity contribution >= 4 is 6.09 Å². The van der Waals surface area contributed by atoms with Crippen LogP contribution in [0, 0.1) is 0 Å². The molecule has 0 aliphatic carbocycles. The van der Waals surface area contributed by atoms with E-state index in [2.05, 4.69) is 10.3 Å². The number of rotatable bonds is 7. The van der Waals surface area contributed by atoms with Crippen LogP contribution in [0.15, 0.2) is 21.9 Å². The maximum atomic E-state index is 11.8. The quantitative estimate of drug-likeness (QED) is 0.360. The Hall–Kier alpha value is -2.21. The van der Waals surface area contributed by atoms with Crippen molar-refractivity contribution < 1.29 is 24.5 Å². The molecule has 0 bridgehead atoms. The van der Waals surface area contributed by atoms with Crippen LogP contribution in [0.1, 0.15) is 19.1 Å². The molecule has 6 N–H and O–H groups in total. The summed E-state index contributed by atoms with van der Waals surface area (Å²) in [5.41, 5.74) is 2.64. The van der Waals surface area contributed by atoms with E-state index in [1.54, 1.807) is 0 Å². The summed E-state index contributed by atoms with van der Waals surface area (Å²) < 4.78 is 11.7. The monoisotopic (exact) mass is 358 g/mol. The van der Waals surface area contributed by atoms with Crippen molar-refractivity contribution in [3.8, 4) is 0 Å². The van der Waals surface area contributed by atoms with E-state index < -0.39 is 41.9 Å². The van der Waals surface area contributed by atoms with Gasteiger partial charge < -0.3 is 30.7 Å². The molecule has 1 amide bonds. The van der Waals surface area contributed by atoms with Gasteiger partial charge in [0.15, 0.2) is 0 Å². The van der Waals surface area contributed by atoms with Crippen LogP contribution in [-0.4, -0.2) is 63.9 Å². The number of aliphatic hydroxyl groups is 2. The lowest BCUT2D eigenvalue weighted by atomic mass is 9.94. The van der Waals surface area contributed by atoms with E-state index in [1.807, 2.05) is 0 Å². The number of H-pyrrole nitrogens is 1. The first-order chi connectivity index (χ1) is 11.9. The predicted molar refractivity (Wildman–Crippen MR) is 84.9 cm³/mol. The van der Waals surface area contributed by atoms with Gasteiger partial charge in [-0.3, -0.25) is 14.3 Å². The lowest BCUT2D eigenvalue weighted by Gasteiger charge is -2.29. The molecule has 0 saturated carbocycles. The first-order valence-corrected chi connectivity index (χ1v) is 7.81. The van der Waals surface area contributed by atoms with Gasteiger partial charge in [0.1, 0.15) is 11.8 Å². The molecule has 11 nitrogen and oxygen atoms in total. The zero-order chi connectivity index (χ0) is 18.4. The third-order valence-corrected chi connectivity index (χ3v) is 4.00. The van der Waals surface area contributed by atoms with Crippen molar-refractivity contribution in [1.29, 1.82) is 0 Å². The van der Waals surface area contributed by atoms with Crippen LogP contribution in [-0.2, 0) is 9.47 Å². The molecule has 0 aromatic carbocycles. The van der Waals surface area contributed by atoms with Crippen LogP contribution >= 0.6 is 0 Å². The highest BCUT2D eigenvalue weighted by atomic mass is 16.6. The van der Waals surface area contributed by atoms with Crippen LogP contribution in [0.3, 0.4) is 0 Å². The maximum absolute atomic E-state index is 11.8. The van der Waals surface area contributed by atoms with Crippen molar-refractivity contribution in [3.63, 3.8) is 0 Å². The lowest BCUT2D eigenvalue weighted by Crippen LogP contribution is -2.45. The third kappa shape index (κ3) is 4.45. The second kappa shape index (κ2) is 8.25. The molecule has 1 aliphatic heterocycles. The first-order valence-electron chi connectivity index (χ1n) is 7.81. The van der Waals surface area contributed by atoms with Gasteiger partial charge in [-0.2, -0.15) is 0 Å². The Kier molecular flexibility index (Phi) is 6.31. The smallest absolute Gasteiger partial charge is 0.407 e. The summed E-state index contributed by atoms with van der Waals surface area (Å²) in [4.78, 5) is 36.4. The van der Waals surface area contributed by atoms with Gasteiger partial charge in [-0.05, 0) is 0 Å². The van der Waals surface area contributed by atoms with Crippen molar-refractivity contribution in [2.45, 2.75) is 30.8 Å². The van der Waals surface area contributed by atoms with Crippen LogP contribution in [0.5, 0.6) is 0 Å². The van der Waals surface area contributed by atoms with Gasteiger partial charge in [0.2, 0.25) is 0 Å². The molecule has 0 radical (unpaired) electrons. The van der Waals surface area contributed by atoms with Gasteiger partial charge in [0.05, 0.1) is 19.3 Å². The van der Waals surface area contributed by atoms with E-state index in [-0.39, 0.29) is 32.5 Å². The van der Waals surface area contributed by atoms with E-state index in [4.69, 9.17) is 15.2 Å². The minimum absolute atomic E-state index is 0.0231. The third-order valence-electron chi connectivity index (χ3n) is 4.00. The fourth-order valence-corrected chi connectivity index (χ4v) is 2.62. The van der Waals surface area contributed by atoms with E-state index in [0.717, 1.165) is 10.6 Å². The molecule has 1 fully saturated rings. The number of hydrogen-bond donors (Lipinski definition) is 5. The molecule has 2 heterocycles. The Labute approximate surface area is 142 Å². The summed E-state index contributed by atoms with van der Waals surface area (Å²) in [6, 6.07) is 1.15. The number of alkyl carbamates (subject to hydrolysis) is 1. The molecule has 11 heteroatoms. The number of aliphatic hydroxyl groups excluding tert-OH is 2. The van der Waals surface area contributed by atoms with Gasteiger partial charge in [-0.25, -0.2) is 9.59 Å². The van der Waals surface area contributed by atoms with Gasteiger partial charge in [-0.15, -0.1) is 0 Å². The molecule has 1 aromatic heterocycles. The van der Waals surface area contributed by atoms with Crippen LogP contribution in [0.2, 0.25) is 0 Å². The topological polar surface area (TPSA) is 169 Å². The van der Waals surface area contributed by atoms with Gasteiger partial charge in [0.25, 0.3) is 5.56 Å². The molecule has 1 aromatic rings. The molecule has 140 valence electrons. The number of hydrogen-bond acceptors (Lipinski definition) is 8. The number of aromatic nitrogens is 2. The number of nitrogens with two attached hydrogens (primary N) is 1. The number of aromatic amines is 1. The van der Waals surface area contributed by atoms with Crippen LogP contribution in [0.4, 0.5) is 4.79 Å². The SMILES string of the molecule is NCCNC(=O)OCC[C@]1(CO)O[C@@H](n2ccc(=O)[nH]c2=O)CC1O. The average molecular weight is 358 g/mol. The Morgan fingerprint density at radius 3 is 2.96 bits per heavy atom. The number of nitrogens with zero attached hydrogens (tertiary/aromatic N) is 1. The molecule has 1 saturated heterocycles. The zero-order valence-electron chi connectivity index (χ0n) is 13.5. The maximum Gasteiger partial charge on any atom is 0.407 e. The normalized spacial score (nSPS) is 25.7. The molecule has 3 atom stereocenters. The zero-order valence-corrected chi connectivity index (χ0v) is 13.5. The predicted octanol–water partition coefficient (Wildman–Crippen LogP) is -2.38. The molecule has 2 rings (SSSR count). The second-order valence-electron chi connectivity index (χ2n) is 5.67. The lowest BCUT2D eigenvalue weighted by molar-refractivity contribution is -0.137. The van der Waals surface area contributed by atoms with Crippen LogP contribution in [0.25, 0.3) is 0 Å². The number of carbonyl (C=O) groups is 1. The van der Waals surface area contributed by atoms with Crippen molar-refractivity contribution in [1.82, 2.24) is 14.9 Å². The summed E-state index contributed by atoms with van der Waals surface area (Å²) in [7, 11) is 0. The van der Waals surface area contributed by atoms with Crippen molar-refractivity contribution in [3.05, 3.63) is 33.1 Å².